The van der Waals surface area contributed by atoms with Crippen molar-refractivity contribution in [2.24, 2.45) is 0 Å². The van der Waals surface area contributed by atoms with E-state index in [-0.39, 0.29) is 0 Å². The van der Waals surface area contributed by atoms with E-state index >= 15 is 0 Å². The van der Waals surface area contributed by atoms with Gasteiger partial charge in [-0.2, -0.15) is 19.9 Å². The summed E-state index contributed by atoms with van der Waals surface area (Å²) in [5.74, 6) is 3.58. The maximum Gasteiger partial charge on any atom is 0.238 e. The van der Waals surface area contributed by atoms with E-state index in [0.717, 1.165) is 138 Å². The van der Waals surface area contributed by atoms with E-state index in [1.54, 1.807) is 0 Å². The van der Waals surface area contributed by atoms with Crippen molar-refractivity contribution < 1.29 is 8.83 Å². The molecule has 0 radical (unpaired) electrons. The van der Waals surface area contributed by atoms with E-state index < -0.39 is 0 Å². The van der Waals surface area contributed by atoms with Crippen molar-refractivity contribution in [1.82, 2.24) is 39.0 Å². The van der Waals surface area contributed by atoms with Gasteiger partial charge in [-0.15, -0.1) is 0 Å². The molecule has 10 nitrogen and oxygen atoms in total. The fourth-order valence-electron chi connectivity index (χ4n) is 13.4. The molecule has 19 rings (SSSR count). The van der Waals surface area contributed by atoms with E-state index in [1.165, 1.54) is 16.7 Å². The zero-order valence-corrected chi connectivity index (χ0v) is 52.3. The summed E-state index contributed by atoms with van der Waals surface area (Å²) in [5, 5.41) is 8.78. The number of aromatic nitrogens is 8. The van der Waals surface area contributed by atoms with Gasteiger partial charge in [-0.05, 0) is 132 Å². The van der Waals surface area contributed by atoms with Crippen molar-refractivity contribution in [2.75, 3.05) is 0 Å². The highest BCUT2D eigenvalue weighted by atomic mass is 16.3. The molecule has 0 saturated carbocycles. The number of hydrogen-bond acceptors (Lipinski definition) is 8. The minimum atomic E-state index is 0.569. The number of rotatable bonds is 9. The topological polar surface area (TPSA) is 113 Å². The first kappa shape index (κ1) is 55.9. The van der Waals surface area contributed by atoms with Crippen LogP contribution >= 0.6 is 0 Å². The van der Waals surface area contributed by atoms with Gasteiger partial charge >= 0.3 is 0 Å². The average Bonchev–Trinajstić information content (AvgIpc) is 1.58. The lowest BCUT2D eigenvalue weighted by atomic mass is 10.0. The lowest BCUT2D eigenvalue weighted by molar-refractivity contribution is 0.668. The molecule has 19 aromatic rings. The standard InChI is InChI=1S/C46H30N4O.C40H26N4O/c1-29-15-17-32(18-16-29)34-23-25-38-39-27-35(24-26-42(39)51-43(38)28-34)45-47-44(33-21-19-31(20-22-33)30-9-3-2-4-10-30)48-46(49-45)50-40-13-7-5-11-36(40)37-12-6-8-14-41(37)50;1-25-15-17-26(18-16-25)28-19-21-32-33-23-29(20-22-36(33)45-37(32)24-28)39-41-38(27-9-3-2-4-10-27)42-40(43-39)44-34-13-7-5-11-30(34)31-12-6-8-14-35(31)44/h2-28H,1H3;2-24H,1H3. The van der Waals surface area contributed by atoms with Crippen LogP contribution in [-0.2, 0) is 0 Å². The van der Waals surface area contributed by atoms with Crippen LogP contribution in [-0.4, -0.2) is 39.0 Å². The van der Waals surface area contributed by atoms with Crippen LogP contribution in [0.4, 0.5) is 0 Å². The number of benzene rings is 13. The quantitative estimate of drug-likeness (QED) is 0.140. The van der Waals surface area contributed by atoms with Crippen molar-refractivity contribution in [2.45, 2.75) is 13.8 Å². The van der Waals surface area contributed by atoms with Crippen molar-refractivity contribution >= 4 is 87.5 Å². The Labute approximate surface area is 551 Å². The van der Waals surface area contributed by atoms with Gasteiger partial charge in [0.2, 0.25) is 11.9 Å². The number of nitrogens with zero attached hydrogens (tertiary/aromatic N) is 8. The summed E-state index contributed by atoms with van der Waals surface area (Å²) in [6, 6.07) is 105. The van der Waals surface area contributed by atoms with Gasteiger partial charge in [0.15, 0.2) is 23.3 Å². The molecule has 0 bridgehead atoms. The second-order valence-electron chi connectivity index (χ2n) is 24.4. The summed E-state index contributed by atoms with van der Waals surface area (Å²) >= 11 is 0. The van der Waals surface area contributed by atoms with E-state index in [4.69, 9.17) is 38.7 Å². The van der Waals surface area contributed by atoms with Crippen LogP contribution in [0.2, 0.25) is 0 Å². The highest BCUT2D eigenvalue weighted by molar-refractivity contribution is 6.11. The van der Waals surface area contributed by atoms with E-state index in [2.05, 4.69) is 266 Å². The third-order valence-corrected chi connectivity index (χ3v) is 18.3. The van der Waals surface area contributed by atoms with Crippen LogP contribution in [0.1, 0.15) is 11.1 Å². The van der Waals surface area contributed by atoms with Crippen molar-refractivity contribution in [3.63, 3.8) is 0 Å². The Morgan fingerprint density at radius 1 is 0.208 bits per heavy atom. The number of para-hydroxylation sites is 4. The molecule has 0 N–H and O–H groups in total. The summed E-state index contributed by atoms with van der Waals surface area (Å²) in [6.45, 7) is 4.21. The Hall–Kier alpha value is -12.9. The van der Waals surface area contributed by atoms with Crippen LogP contribution in [0.25, 0.3) is 178 Å². The van der Waals surface area contributed by atoms with Crippen LogP contribution in [0, 0.1) is 13.8 Å². The molecule has 0 aliphatic rings. The fraction of sp³-hybridized carbons (Fsp3) is 0.0233. The summed E-state index contributed by atoms with van der Waals surface area (Å²) in [6.07, 6.45) is 0. The minimum Gasteiger partial charge on any atom is -0.456 e. The van der Waals surface area contributed by atoms with Crippen LogP contribution in [0.3, 0.4) is 0 Å². The maximum atomic E-state index is 6.39. The molecule has 6 heterocycles. The molecule has 10 heteroatoms. The van der Waals surface area contributed by atoms with Gasteiger partial charge < -0.3 is 8.83 Å². The second-order valence-corrected chi connectivity index (χ2v) is 24.4. The average molecular weight is 1230 g/mol. The van der Waals surface area contributed by atoms with Gasteiger partial charge in [0.1, 0.15) is 22.3 Å². The predicted octanol–water partition coefficient (Wildman–Crippen LogP) is 22.0. The van der Waals surface area contributed by atoms with Crippen molar-refractivity contribution in [3.05, 3.63) is 314 Å². The molecule has 0 aliphatic carbocycles. The molecule has 13 aromatic carbocycles. The van der Waals surface area contributed by atoms with E-state index in [9.17, 15) is 0 Å². The largest absolute Gasteiger partial charge is 0.456 e. The lowest BCUT2D eigenvalue weighted by Crippen LogP contribution is -2.06. The first-order valence-corrected chi connectivity index (χ1v) is 32.1. The predicted molar refractivity (Wildman–Crippen MR) is 390 cm³/mol. The SMILES string of the molecule is Cc1ccc(-c2ccc3c(c2)oc2ccc(-c4nc(-c5ccc(-c6ccccc6)cc5)nc(-n5c6ccccc6c6ccccc65)n4)cc23)cc1.Cc1ccc(-c2ccc3c(c2)oc2ccc(-c4nc(-c5ccccc5)nc(-n5c6ccccc6c6ccccc65)n4)cc23)cc1. The highest BCUT2D eigenvalue weighted by Gasteiger charge is 2.22. The summed E-state index contributed by atoms with van der Waals surface area (Å²) in [7, 11) is 0. The molecule has 0 fully saturated rings. The number of fused-ring (bicyclic) bond motifs is 12. The summed E-state index contributed by atoms with van der Waals surface area (Å²) in [5.41, 5.74) is 20.5. The lowest BCUT2D eigenvalue weighted by Gasteiger charge is -2.11. The summed E-state index contributed by atoms with van der Waals surface area (Å²) < 4.78 is 17.0. The van der Waals surface area contributed by atoms with Crippen LogP contribution in [0.5, 0.6) is 0 Å². The number of hydrogen-bond donors (Lipinski definition) is 0. The molecule has 0 aliphatic heterocycles. The first-order chi connectivity index (χ1) is 47.3. The van der Waals surface area contributed by atoms with Crippen LogP contribution in [0.15, 0.2) is 312 Å². The molecule has 0 atom stereocenters. The third kappa shape index (κ3) is 9.91. The van der Waals surface area contributed by atoms with Crippen molar-refractivity contribution in [1.29, 1.82) is 0 Å². The smallest absolute Gasteiger partial charge is 0.238 e. The van der Waals surface area contributed by atoms with Gasteiger partial charge in [0, 0.05) is 65.3 Å². The van der Waals surface area contributed by atoms with Gasteiger partial charge in [-0.1, -0.05) is 230 Å². The second kappa shape index (κ2) is 23.0. The monoisotopic (exact) mass is 1230 g/mol. The number of aryl methyl sites for hydroxylation is 2. The third-order valence-electron chi connectivity index (χ3n) is 18.3. The molecule has 0 spiro atoms. The first-order valence-electron chi connectivity index (χ1n) is 32.1. The molecular formula is C86H56N8O2. The number of furan rings is 2. The van der Waals surface area contributed by atoms with E-state index in [0.29, 0.717) is 35.2 Å². The van der Waals surface area contributed by atoms with E-state index in [1.807, 2.05) is 60.7 Å². The molecule has 0 saturated heterocycles. The Balaban J connectivity index is 0.000000141. The normalized spacial score (nSPS) is 11.6. The maximum absolute atomic E-state index is 6.39. The summed E-state index contributed by atoms with van der Waals surface area (Å²) in [4.78, 5) is 30.6. The fourth-order valence-corrected chi connectivity index (χ4v) is 13.4. The van der Waals surface area contributed by atoms with Gasteiger partial charge in [-0.3, -0.25) is 9.13 Å². The zero-order chi connectivity index (χ0) is 63.8. The Morgan fingerprint density at radius 2 is 0.500 bits per heavy atom. The van der Waals surface area contributed by atoms with Gasteiger partial charge in [-0.25, -0.2) is 9.97 Å². The molecule has 96 heavy (non-hydrogen) atoms. The Morgan fingerprint density at radius 3 is 0.906 bits per heavy atom. The Kier molecular flexibility index (Phi) is 13.4. The van der Waals surface area contributed by atoms with Crippen molar-refractivity contribution in [3.8, 4) is 90.8 Å². The van der Waals surface area contributed by atoms with Gasteiger partial charge in [0.05, 0.1) is 22.1 Å². The Bertz CT molecular complexity index is 6100. The molecule has 0 unspecified atom stereocenters. The molecule has 0 amide bonds. The van der Waals surface area contributed by atoms with Crippen LogP contribution < -0.4 is 0 Å². The molecule has 6 aromatic heterocycles. The molecule has 452 valence electrons. The van der Waals surface area contributed by atoms with Gasteiger partial charge in [0.25, 0.3) is 0 Å². The zero-order valence-electron chi connectivity index (χ0n) is 52.3. The molecular weight excluding hydrogens is 1180 g/mol. The minimum absolute atomic E-state index is 0.569. The highest BCUT2D eigenvalue weighted by Crippen LogP contribution is 2.40.